The summed E-state index contributed by atoms with van der Waals surface area (Å²) in [5.41, 5.74) is -1.12. The second kappa shape index (κ2) is 13.1. The van der Waals surface area contributed by atoms with Gasteiger partial charge < -0.3 is 28.4 Å². The van der Waals surface area contributed by atoms with E-state index in [-0.39, 0.29) is 19.8 Å². The van der Waals surface area contributed by atoms with Gasteiger partial charge in [-0.15, -0.1) is 0 Å². The number of rotatable bonds is 6. The highest BCUT2D eigenvalue weighted by Gasteiger charge is 2.44. The fourth-order valence-corrected chi connectivity index (χ4v) is 3.48. The molecule has 0 aliphatic carbocycles. The van der Waals surface area contributed by atoms with Crippen molar-refractivity contribution in [2.45, 2.75) is 90.9 Å². The maximum atomic E-state index is 13.4. The van der Waals surface area contributed by atoms with Gasteiger partial charge in [-0.05, 0) is 67.5 Å². The molecule has 1 fully saturated rings. The lowest BCUT2D eigenvalue weighted by atomic mass is 10.1. The van der Waals surface area contributed by atoms with Gasteiger partial charge >= 0.3 is 18.2 Å². The van der Waals surface area contributed by atoms with Gasteiger partial charge in [0.2, 0.25) is 0 Å². The van der Waals surface area contributed by atoms with E-state index in [0.717, 1.165) is 5.57 Å². The van der Waals surface area contributed by atoms with Crippen LogP contribution in [-0.4, -0.2) is 78.4 Å². The molecule has 0 N–H and O–H groups in total. The molecule has 0 saturated carbocycles. The quantitative estimate of drug-likeness (QED) is 0.285. The van der Waals surface area contributed by atoms with Crippen LogP contribution in [0.3, 0.4) is 0 Å². The Kier molecular flexibility index (Phi) is 10.7. The molecule has 0 bridgehead atoms. The summed E-state index contributed by atoms with van der Waals surface area (Å²) >= 11 is 0. The van der Waals surface area contributed by atoms with Gasteiger partial charge in [-0.25, -0.2) is 14.4 Å². The second-order valence-corrected chi connectivity index (χ2v) is 11.2. The molecule has 1 aromatic rings. The minimum Gasteiger partial charge on any atom is -0.485 e. The molecule has 10 nitrogen and oxygen atoms in total. The van der Waals surface area contributed by atoms with Crippen LogP contribution >= 0.6 is 0 Å². The van der Waals surface area contributed by atoms with E-state index in [1.54, 1.807) is 60.6 Å². The third-order valence-electron chi connectivity index (χ3n) is 5.01. The smallest absolute Gasteiger partial charge is 0.420 e. The molecule has 2 amide bonds. The molecule has 1 aromatic carbocycles. The maximum Gasteiger partial charge on any atom is 0.420 e. The number of carbonyl (C=O) groups is 3. The van der Waals surface area contributed by atoms with Crippen molar-refractivity contribution in [3.05, 3.63) is 42.5 Å². The number of hydrogen-bond acceptors (Lipinski definition) is 9. The normalized spacial score (nSPS) is 22.7. The first-order valence-electron chi connectivity index (χ1n) is 12.6. The summed E-state index contributed by atoms with van der Waals surface area (Å²) in [5.74, 6) is -0.304. The summed E-state index contributed by atoms with van der Waals surface area (Å²) in [7, 11) is 0. The summed E-state index contributed by atoms with van der Waals surface area (Å²) in [5, 5.41) is 0. The van der Waals surface area contributed by atoms with E-state index in [9.17, 15) is 14.4 Å². The van der Waals surface area contributed by atoms with E-state index < -0.39 is 53.7 Å². The number of esters is 1. The number of ether oxygens (including phenoxy) is 6. The Bertz CT molecular complexity index is 937. The Morgan fingerprint density at radius 3 is 2.05 bits per heavy atom. The molecule has 0 aromatic heterocycles. The molecule has 0 unspecified atom stereocenters. The number of hydrogen-bond donors (Lipinski definition) is 0. The van der Waals surface area contributed by atoms with E-state index in [1.165, 1.54) is 0 Å². The molecule has 2 rings (SSSR count). The van der Waals surface area contributed by atoms with Crippen molar-refractivity contribution in [3.63, 3.8) is 0 Å². The van der Waals surface area contributed by atoms with Crippen molar-refractivity contribution in [3.8, 4) is 5.75 Å². The van der Waals surface area contributed by atoms with Crippen LogP contribution in [0.4, 0.5) is 9.59 Å². The van der Waals surface area contributed by atoms with Crippen molar-refractivity contribution in [2.24, 2.45) is 0 Å². The van der Waals surface area contributed by atoms with Crippen molar-refractivity contribution < 1.29 is 42.8 Å². The van der Waals surface area contributed by atoms with Crippen LogP contribution in [0.1, 0.15) is 55.4 Å². The average molecular weight is 536 g/mol. The lowest BCUT2D eigenvalue weighted by Crippen LogP contribution is -2.54. The van der Waals surface area contributed by atoms with Crippen molar-refractivity contribution in [1.82, 2.24) is 4.90 Å². The van der Waals surface area contributed by atoms with Crippen LogP contribution in [0.15, 0.2) is 42.5 Å². The minimum absolute atomic E-state index is 0.0241. The molecule has 1 saturated heterocycles. The maximum absolute atomic E-state index is 13.4. The zero-order valence-corrected chi connectivity index (χ0v) is 23.6. The molecule has 10 heteroatoms. The van der Waals surface area contributed by atoms with Crippen molar-refractivity contribution in [2.75, 3.05) is 19.8 Å². The third-order valence-corrected chi connectivity index (χ3v) is 5.01. The van der Waals surface area contributed by atoms with E-state index in [2.05, 4.69) is 6.58 Å². The van der Waals surface area contributed by atoms with Gasteiger partial charge in [0.25, 0.3) is 0 Å². The Hall–Kier alpha value is -3.11. The highest BCUT2D eigenvalue weighted by atomic mass is 16.6. The van der Waals surface area contributed by atoms with Gasteiger partial charge in [0.05, 0.1) is 19.8 Å². The molecular weight excluding hydrogens is 494 g/mol. The molecule has 1 heterocycles. The van der Waals surface area contributed by atoms with Gasteiger partial charge in [0, 0.05) is 0 Å². The topological polar surface area (TPSA) is 110 Å². The highest BCUT2D eigenvalue weighted by Crippen LogP contribution is 2.23. The summed E-state index contributed by atoms with van der Waals surface area (Å²) < 4.78 is 34.6. The lowest BCUT2D eigenvalue weighted by Gasteiger charge is -2.32. The van der Waals surface area contributed by atoms with Crippen LogP contribution in [0.2, 0.25) is 0 Å². The zero-order valence-electron chi connectivity index (χ0n) is 23.6. The molecule has 4 atom stereocenters. The fraction of sp³-hybridized carbons (Fsp3) is 0.607. The van der Waals surface area contributed by atoms with Crippen LogP contribution in [0.5, 0.6) is 5.75 Å². The number of nitrogens with zero attached hydrogens (tertiary/aromatic N) is 1. The number of imide groups is 1. The van der Waals surface area contributed by atoms with E-state index >= 15 is 0 Å². The summed E-state index contributed by atoms with van der Waals surface area (Å²) in [4.78, 5) is 40.2. The van der Waals surface area contributed by atoms with E-state index in [1.807, 2.05) is 25.1 Å². The predicted molar refractivity (Wildman–Crippen MR) is 140 cm³/mol. The van der Waals surface area contributed by atoms with Crippen molar-refractivity contribution >= 4 is 18.2 Å². The number of carbonyl (C=O) groups excluding carboxylic acids is 3. The molecule has 1 aliphatic rings. The summed E-state index contributed by atoms with van der Waals surface area (Å²) in [6, 6.07) is 7.61. The molecule has 38 heavy (non-hydrogen) atoms. The summed E-state index contributed by atoms with van der Waals surface area (Å²) in [6.07, 6.45) is -4.38. The van der Waals surface area contributed by atoms with Gasteiger partial charge in [-0.1, -0.05) is 30.4 Å². The van der Waals surface area contributed by atoms with Gasteiger partial charge in [0.15, 0.2) is 12.1 Å². The molecule has 1 aliphatic heterocycles. The van der Waals surface area contributed by atoms with Crippen LogP contribution in [-0.2, 0) is 28.5 Å². The standard InChI is InChI=1S/C28H41NO9/c1-18(2)15-34-23-19(3)35-24(30)21(16-33-17-22(23)36-20-13-11-10-12-14-20)29(25(31)37-27(4,5)6)26(32)38-28(7,8)9/h10-14,19,21-23H,1,15-17H2,2-9H3/t19-,21-,22-,23-/m0/s1. The molecular formula is C28H41NO9. The molecule has 0 spiro atoms. The van der Waals surface area contributed by atoms with Gasteiger partial charge in [-0.2, -0.15) is 4.90 Å². The van der Waals surface area contributed by atoms with E-state index in [4.69, 9.17) is 28.4 Å². The second-order valence-electron chi connectivity index (χ2n) is 11.2. The number of benzene rings is 1. The molecule has 0 radical (unpaired) electrons. The lowest BCUT2D eigenvalue weighted by molar-refractivity contribution is -0.164. The largest absolute Gasteiger partial charge is 0.485 e. The minimum atomic E-state index is -1.47. The number of cyclic esters (lactones) is 1. The van der Waals surface area contributed by atoms with Gasteiger partial charge in [0.1, 0.15) is 29.2 Å². The Morgan fingerprint density at radius 1 is 1.00 bits per heavy atom. The van der Waals surface area contributed by atoms with E-state index in [0.29, 0.717) is 10.6 Å². The summed E-state index contributed by atoms with van der Waals surface area (Å²) in [6.45, 7) is 17.0. The average Bonchev–Trinajstić information content (AvgIpc) is 2.80. The fourth-order valence-electron chi connectivity index (χ4n) is 3.48. The van der Waals surface area contributed by atoms with Crippen LogP contribution in [0, 0.1) is 0 Å². The Balaban J connectivity index is 2.40. The number of para-hydroxylation sites is 1. The first kappa shape index (κ1) is 31.1. The monoisotopic (exact) mass is 535 g/mol. The first-order chi connectivity index (χ1) is 17.6. The highest BCUT2D eigenvalue weighted by molar-refractivity contribution is 5.94. The number of amides is 2. The SMILES string of the molecule is C=C(C)CO[C@H]1[C@H](C)OC(=O)[C@@H](N(C(=O)OC(C)(C)C)C(=O)OC(C)(C)C)COC[C@@H]1Oc1ccccc1. The van der Waals surface area contributed by atoms with Crippen molar-refractivity contribution in [1.29, 1.82) is 0 Å². The zero-order chi connectivity index (χ0) is 28.7. The Morgan fingerprint density at radius 2 is 1.55 bits per heavy atom. The first-order valence-corrected chi connectivity index (χ1v) is 12.6. The van der Waals surface area contributed by atoms with Gasteiger partial charge in [-0.3, -0.25) is 0 Å². The van der Waals surface area contributed by atoms with Crippen LogP contribution in [0.25, 0.3) is 0 Å². The predicted octanol–water partition coefficient (Wildman–Crippen LogP) is 4.90. The van der Waals surface area contributed by atoms with Crippen LogP contribution < -0.4 is 4.74 Å². The molecule has 212 valence electrons. The Labute approximate surface area is 225 Å². The third kappa shape index (κ3) is 9.98.